The monoisotopic (exact) mass is 269 g/mol. The first-order valence-electron chi connectivity index (χ1n) is 6.96. The first-order chi connectivity index (χ1) is 9.68. The Labute approximate surface area is 119 Å². The van der Waals surface area contributed by atoms with Gasteiger partial charge in [0, 0.05) is 25.2 Å². The van der Waals surface area contributed by atoms with Gasteiger partial charge in [0.15, 0.2) is 0 Å². The van der Waals surface area contributed by atoms with Gasteiger partial charge in [-0.05, 0) is 47.7 Å². The zero-order valence-corrected chi connectivity index (χ0v) is 11.7. The Morgan fingerprint density at radius 1 is 1.30 bits per heavy atom. The van der Waals surface area contributed by atoms with Gasteiger partial charge in [0.25, 0.3) is 0 Å². The molecule has 1 aliphatic carbocycles. The molecule has 0 spiro atoms. The van der Waals surface area contributed by atoms with Crippen molar-refractivity contribution in [2.45, 2.75) is 31.3 Å². The van der Waals surface area contributed by atoms with E-state index in [1.54, 1.807) is 13.3 Å². The van der Waals surface area contributed by atoms with Gasteiger partial charge in [-0.15, -0.1) is 0 Å². The summed E-state index contributed by atoms with van der Waals surface area (Å²) in [5.41, 5.74) is 2.92. The molecule has 3 heteroatoms. The minimum absolute atomic E-state index is 0.650. The quantitative estimate of drug-likeness (QED) is 0.931. The number of hydrogen-bond acceptors (Lipinski definition) is 3. The standard InChI is InChI=1S/C17H19NO2/c1-20-16-5-4-14-6-7-17(19,11-15(14)9-16)10-13-3-2-8-18-12-13/h2-5,8-9,12,19H,6-7,10-11H2,1H3. The number of nitrogens with zero attached hydrogens (tertiary/aromatic N) is 1. The van der Waals surface area contributed by atoms with E-state index in [9.17, 15) is 5.11 Å². The maximum absolute atomic E-state index is 10.9. The van der Waals surface area contributed by atoms with E-state index in [2.05, 4.69) is 11.1 Å². The molecule has 1 aromatic heterocycles. The fourth-order valence-electron chi connectivity index (χ4n) is 2.98. The molecule has 1 unspecified atom stereocenters. The van der Waals surface area contributed by atoms with Gasteiger partial charge in [-0.2, -0.15) is 0 Å². The highest BCUT2D eigenvalue weighted by Crippen LogP contribution is 2.33. The Hall–Kier alpha value is -1.87. The molecule has 0 aliphatic heterocycles. The van der Waals surface area contributed by atoms with E-state index in [4.69, 9.17) is 4.74 Å². The summed E-state index contributed by atoms with van der Waals surface area (Å²) in [6.45, 7) is 0. The Morgan fingerprint density at radius 3 is 2.95 bits per heavy atom. The van der Waals surface area contributed by atoms with Gasteiger partial charge in [0.05, 0.1) is 12.7 Å². The summed E-state index contributed by atoms with van der Waals surface area (Å²) in [5, 5.41) is 10.9. The van der Waals surface area contributed by atoms with Crippen molar-refractivity contribution in [1.82, 2.24) is 4.98 Å². The van der Waals surface area contributed by atoms with Crippen LogP contribution in [0.25, 0.3) is 0 Å². The Kier molecular flexibility index (Phi) is 3.45. The third-order valence-electron chi connectivity index (χ3n) is 4.05. The first kappa shape index (κ1) is 13.1. The van der Waals surface area contributed by atoms with Crippen molar-refractivity contribution in [3.8, 4) is 5.75 Å². The van der Waals surface area contributed by atoms with Gasteiger partial charge in [0.2, 0.25) is 0 Å². The van der Waals surface area contributed by atoms with Crippen molar-refractivity contribution in [2.24, 2.45) is 0 Å². The summed E-state index contributed by atoms with van der Waals surface area (Å²) < 4.78 is 5.28. The van der Waals surface area contributed by atoms with Crippen LogP contribution in [0, 0.1) is 0 Å². The molecule has 2 aromatic rings. The van der Waals surface area contributed by atoms with Crippen molar-refractivity contribution in [1.29, 1.82) is 0 Å². The largest absolute Gasteiger partial charge is 0.497 e. The molecule has 0 bridgehead atoms. The molecule has 3 nitrogen and oxygen atoms in total. The van der Waals surface area contributed by atoms with E-state index in [1.807, 2.05) is 30.5 Å². The number of aromatic nitrogens is 1. The van der Waals surface area contributed by atoms with Gasteiger partial charge in [0.1, 0.15) is 5.75 Å². The van der Waals surface area contributed by atoms with Crippen LogP contribution >= 0.6 is 0 Å². The molecule has 1 aromatic carbocycles. The highest BCUT2D eigenvalue weighted by Gasteiger charge is 2.32. The molecule has 1 atom stereocenters. The molecule has 20 heavy (non-hydrogen) atoms. The molecule has 0 saturated heterocycles. The first-order valence-corrected chi connectivity index (χ1v) is 6.96. The van der Waals surface area contributed by atoms with Crippen molar-refractivity contribution in [3.05, 3.63) is 59.4 Å². The summed E-state index contributed by atoms with van der Waals surface area (Å²) in [6, 6.07) is 10.1. The van der Waals surface area contributed by atoms with E-state index >= 15 is 0 Å². The number of ether oxygens (including phenoxy) is 1. The van der Waals surface area contributed by atoms with E-state index in [0.717, 1.165) is 24.2 Å². The van der Waals surface area contributed by atoms with E-state index in [1.165, 1.54) is 11.1 Å². The van der Waals surface area contributed by atoms with Gasteiger partial charge in [-0.1, -0.05) is 12.1 Å². The SMILES string of the molecule is COc1ccc2c(c1)CC(O)(Cc1cccnc1)CC2. The van der Waals surface area contributed by atoms with Gasteiger partial charge < -0.3 is 9.84 Å². The zero-order valence-electron chi connectivity index (χ0n) is 11.7. The maximum Gasteiger partial charge on any atom is 0.119 e. The van der Waals surface area contributed by atoms with Gasteiger partial charge in [-0.25, -0.2) is 0 Å². The number of aliphatic hydroxyl groups is 1. The molecule has 0 radical (unpaired) electrons. The van der Waals surface area contributed by atoms with E-state index in [0.29, 0.717) is 12.8 Å². The second-order valence-electron chi connectivity index (χ2n) is 5.57. The average Bonchev–Trinajstić information content (AvgIpc) is 2.47. The second kappa shape index (κ2) is 5.25. The minimum atomic E-state index is -0.678. The summed E-state index contributed by atoms with van der Waals surface area (Å²) in [5.74, 6) is 0.856. The Morgan fingerprint density at radius 2 is 2.20 bits per heavy atom. The molecular weight excluding hydrogens is 250 g/mol. The number of aryl methyl sites for hydroxylation is 1. The van der Waals surface area contributed by atoms with Gasteiger partial charge in [-0.3, -0.25) is 4.98 Å². The number of hydrogen-bond donors (Lipinski definition) is 1. The van der Waals surface area contributed by atoms with Crippen molar-refractivity contribution < 1.29 is 9.84 Å². The fraction of sp³-hybridized carbons (Fsp3) is 0.353. The fourth-order valence-corrected chi connectivity index (χ4v) is 2.98. The van der Waals surface area contributed by atoms with Crippen LogP contribution in [0.2, 0.25) is 0 Å². The summed E-state index contributed by atoms with van der Waals surface area (Å²) >= 11 is 0. The average molecular weight is 269 g/mol. The highest BCUT2D eigenvalue weighted by atomic mass is 16.5. The number of fused-ring (bicyclic) bond motifs is 1. The van der Waals surface area contributed by atoms with E-state index in [-0.39, 0.29) is 0 Å². The Balaban J connectivity index is 1.83. The third kappa shape index (κ3) is 2.68. The molecule has 1 heterocycles. The zero-order chi connectivity index (χ0) is 14.0. The number of pyridine rings is 1. The van der Waals surface area contributed by atoms with Crippen molar-refractivity contribution >= 4 is 0 Å². The van der Waals surface area contributed by atoms with Crippen LogP contribution in [0.15, 0.2) is 42.7 Å². The topological polar surface area (TPSA) is 42.4 Å². The lowest BCUT2D eigenvalue weighted by Gasteiger charge is -2.33. The molecule has 0 fully saturated rings. The summed E-state index contributed by atoms with van der Waals surface area (Å²) in [4.78, 5) is 4.12. The summed E-state index contributed by atoms with van der Waals surface area (Å²) in [7, 11) is 1.67. The maximum atomic E-state index is 10.9. The van der Waals surface area contributed by atoms with Gasteiger partial charge >= 0.3 is 0 Å². The van der Waals surface area contributed by atoms with Crippen LogP contribution in [-0.2, 0) is 19.3 Å². The minimum Gasteiger partial charge on any atom is -0.497 e. The third-order valence-corrected chi connectivity index (χ3v) is 4.05. The lowest BCUT2D eigenvalue weighted by atomic mass is 9.77. The van der Waals surface area contributed by atoms with Crippen LogP contribution in [0.5, 0.6) is 5.75 Å². The lowest BCUT2D eigenvalue weighted by molar-refractivity contribution is 0.0266. The van der Waals surface area contributed by atoms with Crippen LogP contribution in [-0.4, -0.2) is 22.8 Å². The predicted octanol–water partition coefficient (Wildman–Crippen LogP) is 2.55. The highest BCUT2D eigenvalue weighted by molar-refractivity contribution is 5.39. The number of methoxy groups -OCH3 is 1. The molecule has 3 rings (SSSR count). The van der Waals surface area contributed by atoms with Crippen LogP contribution in [0.3, 0.4) is 0 Å². The molecule has 1 N–H and O–H groups in total. The van der Waals surface area contributed by atoms with Crippen LogP contribution in [0.1, 0.15) is 23.1 Å². The van der Waals surface area contributed by atoms with Crippen LogP contribution < -0.4 is 4.74 Å². The van der Waals surface area contributed by atoms with Crippen LogP contribution in [0.4, 0.5) is 0 Å². The predicted molar refractivity (Wildman–Crippen MR) is 77.9 cm³/mol. The van der Waals surface area contributed by atoms with E-state index < -0.39 is 5.60 Å². The van der Waals surface area contributed by atoms with Crippen molar-refractivity contribution in [3.63, 3.8) is 0 Å². The smallest absolute Gasteiger partial charge is 0.119 e. The number of benzene rings is 1. The molecule has 0 amide bonds. The summed E-state index contributed by atoms with van der Waals surface area (Å²) in [6.07, 6.45) is 6.62. The second-order valence-corrected chi connectivity index (χ2v) is 5.57. The number of rotatable bonds is 3. The molecule has 0 saturated carbocycles. The lowest BCUT2D eigenvalue weighted by Crippen LogP contribution is -2.38. The Bertz CT molecular complexity index is 597. The molecule has 1 aliphatic rings. The molecule has 104 valence electrons. The molecular formula is C17H19NO2. The van der Waals surface area contributed by atoms with Crippen molar-refractivity contribution in [2.75, 3.05) is 7.11 Å². The normalized spacial score (nSPS) is 21.3.